The lowest BCUT2D eigenvalue weighted by molar-refractivity contribution is -0.165. The van der Waals surface area contributed by atoms with Crippen LogP contribution in [0.2, 0.25) is 0 Å². The molecule has 0 amide bonds. The Bertz CT molecular complexity index is 374. The number of allylic oxidation sites excluding steroid dienone is 1. The van der Waals surface area contributed by atoms with Gasteiger partial charge < -0.3 is 0 Å². The van der Waals surface area contributed by atoms with Gasteiger partial charge in [0.25, 0.3) is 5.78 Å². The van der Waals surface area contributed by atoms with Crippen molar-refractivity contribution in [1.29, 1.82) is 0 Å². The van der Waals surface area contributed by atoms with E-state index in [4.69, 9.17) is 0 Å². The number of halogens is 3. The third-order valence-electron chi connectivity index (χ3n) is 1.78. The van der Waals surface area contributed by atoms with Crippen molar-refractivity contribution in [2.75, 3.05) is 0 Å². The fraction of sp³-hybridized carbons (Fsp3) is 0.182. The number of rotatable bonds is 2. The lowest BCUT2D eigenvalue weighted by atomic mass is 10.1. The molecule has 15 heavy (non-hydrogen) atoms. The Morgan fingerprint density at radius 1 is 1.20 bits per heavy atom. The largest absolute Gasteiger partial charge is 0.454 e. The van der Waals surface area contributed by atoms with Gasteiger partial charge in [0.2, 0.25) is 0 Å². The normalized spacial score (nSPS) is 12.0. The number of ketones is 1. The quantitative estimate of drug-likeness (QED) is 0.691. The molecule has 1 nitrogen and oxygen atoms in total. The standard InChI is InChI=1S/C11H9F3O/c1-8-2-4-9(5-3-8)6-7-10(15)11(12,13)14/h2-7H,1H3. The van der Waals surface area contributed by atoms with Gasteiger partial charge in [0.15, 0.2) is 0 Å². The van der Waals surface area contributed by atoms with E-state index < -0.39 is 12.0 Å². The van der Waals surface area contributed by atoms with Crippen molar-refractivity contribution in [1.82, 2.24) is 0 Å². The number of benzene rings is 1. The lowest BCUT2D eigenvalue weighted by Gasteiger charge is -1.99. The molecular weight excluding hydrogens is 205 g/mol. The highest BCUT2D eigenvalue weighted by Crippen LogP contribution is 2.17. The van der Waals surface area contributed by atoms with Gasteiger partial charge in [-0.1, -0.05) is 35.9 Å². The summed E-state index contributed by atoms with van der Waals surface area (Å²) in [6, 6.07) is 6.82. The predicted octanol–water partition coefficient (Wildman–Crippen LogP) is 3.14. The van der Waals surface area contributed by atoms with Crippen molar-refractivity contribution < 1.29 is 18.0 Å². The van der Waals surface area contributed by atoms with Crippen LogP contribution >= 0.6 is 0 Å². The molecule has 0 radical (unpaired) electrons. The molecule has 0 spiro atoms. The van der Waals surface area contributed by atoms with E-state index in [0.717, 1.165) is 11.6 Å². The number of alkyl halides is 3. The summed E-state index contributed by atoms with van der Waals surface area (Å²) in [5.74, 6) is -1.84. The van der Waals surface area contributed by atoms with Gasteiger partial charge in [-0.2, -0.15) is 13.2 Å². The van der Waals surface area contributed by atoms with Crippen molar-refractivity contribution in [2.24, 2.45) is 0 Å². The average Bonchev–Trinajstić information content (AvgIpc) is 2.15. The number of carbonyl (C=O) groups is 1. The van der Waals surface area contributed by atoms with Crippen LogP contribution in [0.1, 0.15) is 11.1 Å². The van der Waals surface area contributed by atoms with Gasteiger partial charge in [-0.3, -0.25) is 4.79 Å². The van der Waals surface area contributed by atoms with E-state index in [1.165, 1.54) is 0 Å². The SMILES string of the molecule is Cc1ccc(C=CC(=O)C(F)(F)F)cc1. The van der Waals surface area contributed by atoms with Gasteiger partial charge >= 0.3 is 6.18 Å². The molecule has 0 N–H and O–H groups in total. The van der Waals surface area contributed by atoms with Crippen molar-refractivity contribution in [3.8, 4) is 0 Å². The fourth-order valence-electron chi connectivity index (χ4n) is 0.944. The zero-order valence-corrected chi connectivity index (χ0v) is 8.01. The van der Waals surface area contributed by atoms with Crippen LogP contribution in [-0.2, 0) is 4.79 Å². The highest BCUT2D eigenvalue weighted by Gasteiger charge is 2.35. The Balaban J connectivity index is 2.74. The first-order valence-electron chi connectivity index (χ1n) is 4.25. The second-order valence-electron chi connectivity index (χ2n) is 3.11. The van der Waals surface area contributed by atoms with Crippen molar-refractivity contribution >= 4 is 11.9 Å². The Morgan fingerprint density at radius 2 is 1.73 bits per heavy atom. The summed E-state index contributed by atoms with van der Waals surface area (Å²) in [4.78, 5) is 10.5. The molecule has 0 heterocycles. The minimum atomic E-state index is -4.79. The van der Waals surface area contributed by atoms with E-state index in [1.54, 1.807) is 24.3 Å². The summed E-state index contributed by atoms with van der Waals surface area (Å²) in [7, 11) is 0. The Morgan fingerprint density at radius 3 is 2.20 bits per heavy atom. The number of hydrogen-bond donors (Lipinski definition) is 0. The Labute approximate surface area is 85.2 Å². The molecule has 80 valence electrons. The summed E-state index contributed by atoms with van der Waals surface area (Å²) in [6.45, 7) is 1.87. The third-order valence-corrected chi connectivity index (χ3v) is 1.78. The molecule has 0 unspecified atom stereocenters. The van der Waals surface area contributed by atoms with Crippen LogP contribution in [-0.4, -0.2) is 12.0 Å². The van der Waals surface area contributed by atoms with E-state index >= 15 is 0 Å². The van der Waals surface area contributed by atoms with Crippen LogP contribution in [0.15, 0.2) is 30.3 Å². The second kappa shape index (κ2) is 4.29. The second-order valence-corrected chi connectivity index (χ2v) is 3.11. The van der Waals surface area contributed by atoms with Crippen LogP contribution < -0.4 is 0 Å². The molecule has 0 fully saturated rings. The molecule has 0 bridgehead atoms. The molecule has 4 heteroatoms. The first kappa shape index (κ1) is 11.5. The molecular formula is C11H9F3O. The van der Waals surface area contributed by atoms with E-state index in [0.29, 0.717) is 11.6 Å². The van der Waals surface area contributed by atoms with Crippen LogP contribution in [0.5, 0.6) is 0 Å². The van der Waals surface area contributed by atoms with Gasteiger partial charge in [0.05, 0.1) is 0 Å². The summed E-state index contributed by atoms with van der Waals surface area (Å²) >= 11 is 0. The Kier molecular flexibility index (Phi) is 3.29. The fourth-order valence-corrected chi connectivity index (χ4v) is 0.944. The molecule has 0 saturated heterocycles. The van der Waals surface area contributed by atoms with E-state index in [9.17, 15) is 18.0 Å². The minimum Gasteiger partial charge on any atom is -0.285 e. The molecule has 0 aliphatic heterocycles. The molecule has 1 aromatic carbocycles. The summed E-state index contributed by atoms with van der Waals surface area (Å²) in [5.41, 5.74) is 1.58. The van der Waals surface area contributed by atoms with Crippen molar-refractivity contribution in [3.05, 3.63) is 41.5 Å². The van der Waals surface area contributed by atoms with Gasteiger partial charge in [-0.25, -0.2) is 0 Å². The van der Waals surface area contributed by atoms with Crippen LogP contribution in [0.4, 0.5) is 13.2 Å². The summed E-state index contributed by atoms with van der Waals surface area (Å²) in [6.07, 6.45) is -3.11. The van der Waals surface area contributed by atoms with E-state index in [1.807, 2.05) is 6.92 Å². The Hall–Kier alpha value is -1.58. The van der Waals surface area contributed by atoms with Gasteiger partial charge in [-0.05, 0) is 18.6 Å². The maximum atomic E-state index is 11.8. The summed E-state index contributed by atoms with van der Waals surface area (Å²) < 4.78 is 35.4. The topological polar surface area (TPSA) is 17.1 Å². The average molecular weight is 214 g/mol. The predicted molar refractivity (Wildman–Crippen MR) is 51.3 cm³/mol. The monoisotopic (exact) mass is 214 g/mol. The molecule has 0 aliphatic rings. The first-order chi connectivity index (χ1) is 6.89. The van der Waals surface area contributed by atoms with Crippen LogP contribution in [0.3, 0.4) is 0 Å². The zero-order chi connectivity index (χ0) is 11.5. The van der Waals surface area contributed by atoms with Gasteiger partial charge in [-0.15, -0.1) is 0 Å². The molecule has 1 aromatic rings. The highest BCUT2D eigenvalue weighted by atomic mass is 19.4. The molecule has 1 rings (SSSR count). The lowest BCUT2D eigenvalue weighted by Crippen LogP contribution is -2.19. The van der Waals surface area contributed by atoms with Crippen LogP contribution in [0, 0.1) is 6.92 Å². The minimum absolute atomic E-state index is 0.532. The summed E-state index contributed by atoms with van der Waals surface area (Å²) in [5, 5.41) is 0. The number of carbonyl (C=O) groups excluding carboxylic acids is 1. The van der Waals surface area contributed by atoms with Gasteiger partial charge in [0.1, 0.15) is 0 Å². The van der Waals surface area contributed by atoms with Crippen molar-refractivity contribution in [2.45, 2.75) is 13.1 Å². The highest BCUT2D eigenvalue weighted by molar-refractivity contribution is 5.97. The van der Waals surface area contributed by atoms with E-state index in [2.05, 4.69) is 0 Å². The maximum absolute atomic E-state index is 11.8. The van der Waals surface area contributed by atoms with Crippen molar-refractivity contribution in [3.63, 3.8) is 0 Å². The van der Waals surface area contributed by atoms with Gasteiger partial charge in [0, 0.05) is 0 Å². The van der Waals surface area contributed by atoms with Crippen LogP contribution in [0.25, 0.3) is 6.08 Å². The number of aryl methyl sites for hydroxylation is 1. The first-order valence-corrected chi connectivity index (χ1v) is 4.25. The molecule has 0 aliphatic carbocycles. The third kappa shape index (κ3) is 3.58. The zero-order valence-electron chi connectivity index (χ0n) is 8.01. The maximum Gasteiger partial charge on any atom is 0.454 e. The smallest absolute Gasteiger partial charge is 0.285 e. The molecule has 0 aromatic heterocycles. The molecule has 0 saturated carbocycles. The van der Waals surface area contributed by atoms with E-state index in [-0.39, 0.29) is 0 Å². The molecule has 0 atom stereocenters. The number of hydrogen-bond acceptors (Lipinski definition) is 1.